The molecule has 0 atom stereocenters. The molecule has 0 aliphatic heterocycles. The van der Waals surface area contributed by atoms with Gasteiger partial charge in [0.05, 0.1) is 4.90 Å². The predicted octanol–water partition coefficient (Wildman–Crippen LogP) is 3.89. The minimum absolute atomic E-state index is 0. The third-order valence-corrected chi connectivity index (χ3v) is 5.36. The first-order chi connectivity index (χ1) is 13.8. The van der Waals surface area contributed by atoms with Crippen molar-refractivity contribution in [1.82, 2.24) is 5.32 Å². The van der Waals surface area contributed by atoms with Crippen LogP contribution in [0.15, 0.2) is 29.2 Å². The van der Waals surface area contributed by atoms with E-state index in [0.717, 1.165) is 25.7 Å². The van der Waals surface area contributed by atoms with Crippen molar-refractivity contribution in [3.05, 3.63) is 24.3 Å². The molecule has 7 nitrogen and oxygen atoms in total. The van der Waals surface area contributed by atoms with Crippen LogP contribution in [0.3, 0.4) is 0 Å². The van der Waals surface area contributed by atoms with E-state index in [4.69, 9.17) is 9.29 Å². The fraction of sp³-hybridized carbons (Fsp3) is 0.619. The van der Waals surface area contributed by atoms with Crippen molar-refractivity contribution in [2.75, 3.05) is 6.54 Å². The Labute approximate surface area is 202 Å². The second-order valence-corrected chi connectivity index (χ2v) is 8.52. The molecule has 0 spiro atoms. The first-order valence-corrected chi connectivity index (χ1v) is 11.8. The molecular formula is C21H33NNaO6S. The average Bonchev–Trinajstić information content (AvgIpc) is 2.67. The van der Waals surface area contributed by atoms with Gasteiger partial charge in [0.15, 0.2) is 0 Å². The summed E-state index contributed by atoms with van der Waals surface area (Å²) in [5, 5.41) is 2.91. The maximum absolute atomic E-state index is 11.8. The van der Waals surface area contributed by atoms with Gasteiger partial charge in [-0.15, -0.1) is 0 Å². The summed E-state index contributed by atoms with van der Waals surface area (Å²) < 4.78 is 35.9. The molecule has 1 radical (unpaired) electrons. The van der Waals surface area contributed by atoms with Crippen LogP contribution < -0.4 is 10.1 Å². The van der Waals surface area contributed by atoms with E-state index in [1.165, 1.54) is 49.9 Å². The number of carbonyl (C=O) groups is 2. The summed E-state index contributed by atoms with van der Waals surface area (Å²) in [7, 11) is -4.26. The molecule has 0 saturated carbocycles. The van der Waals surface area contributed by atoms with Gasteiger partial charge in [0, 0.05) is 48.9 Å². The summed E-state index contributed by atoms with van der Waals surface area (Å²) in [6.07, 6.45) is 10.0. The van der Waals surface area contributed by atoms with Crippen molar-refractivity contribution < 1.29 is 27.3 Å². The van der Waals surface area contributed by atoms with Crippen LogP contribution in [0.1, 0.15) is 77.6 Å². The quantitative estimate of drug-likeness (QED) is 0.138. The van der Waals surface area contributed by atoms with Crippen LogP contribution in [-0.2, 0) is 19.7 Å². The number of carbonyl (C=O) groups excluding carboxylic acids is 2. The number of rotatable bonds is 15. The van der Waals surface area contributed by atoms with Crippen LogP contribution in [-0.4, -0.2) is 60.9 Å². The largest absolute Gasteiger partial charge is 0.427 e. The third-order valence-electron chi connectivity index (χ3n) is 4.49. The Balaban J connectivity index is 0.00000841. The van der Waals surface area contributed by atoms with Crippen molar-refractivity contribution in [1.29, 1.82) is 0 Å². The van der Waals surface area contributed by atoms with Crippen molar-refractivity contribution >= 4 is 51.6 Å². The van der Waals surface area contributed by atoms with Gasteiger partial charge in [-0.2, -0.15) is 8.42 Å². The number of esters is 1. The molecule has 2 N–H and O–H groups in total. The molecule has 0 unspecified atom stereocenters. The molecule has 0 bridgehead atoms. The van der Waals surface area contributed by atoms with Crippen molar-refractivity contribution in [2.24, 2.45) is 0 Å². The normalized spacial score (nSPS) is 10.9. The minimum Gasteiger partial charge on any atom is -0.427 e. The number of ether oxygens (including phenoxy) is 1. The average molecular weight is 451 g/mol. The number of amides is 1. The second kappa shape index (κ2) is 16.7. The molecular weight excluding hydrogens is 417 g/mol. The smallest absolute Gasteiger partial charge is 0.311 e. The molecule has 0 fully saturated rings. The van der Waals surface area contributed by atoms with Gasteiger partial charge in [0.2, 0.25) is 5.91 Å². The van der Waals surface area contributed by atoms with Gasteiger partial charge >= 0.3 is 5.97 Å². The van der Waals surface area contributed by atoms with Crippen molar-refractivity contribution in [3.63, 3.8) is 0 Å². The molecule has 0 heterocycles. The maximum atomic E-state index is 11.8. The van der Waals surface area contributed by atoms with E-state index in [1.807, 2.05) is 0 Å². The fourth-order valence-electron chi connectivity index (χ4n) is 2.82. The first kappa shape index (κ1) is 29.1. The summed E-state index contributed by atoms with van der Waals surface area (Å²) in [4.78, 5) is 23.3. The second-order valence-electron chi connectivity index (χ2n) is 7.10. The zero-order valence-electron chi connectivity index (χ0n) is 18.2. The van der Waals surface area contributed by atoms with Gasteiger partial charge in [-0.3, -0.25) is 14.1 Å². The summed E-state index contributed by atoms with van der Waals surface area (Å²) in [5.41, 5.74) is 0. The first-order valence-electron chi connectivity index (χ1n) is 10.4. The van der Waals surface area contributed by atoms with Crippen LogP contribution in [0.4, 0.5) is 0 Å². The number of hydrogen-bond acceptors (Lipinski definition) is 5. The van der Waals surface area contributed by atoms with E-state index >= 15 is 0 Å². The van der Waals surface area contributed by atoms with E-state index in [9.17, 15) is 18.0 Å². The van der Waals surface area contributed by atoms with Crippen molar-refractivity contribution in [2.45, 2.75) is 82.4 Å². The van der Waals surface area contributed by atoms with Crippen LogP contribution in [0.2, 0.25) is 0 Å². The molecule has 1 amide bonds. The van der Waals surface area contributed by atoms with Gasteiger partial charge in [-0.1, -0.05) is 45.4 Å². The molecule has 1 aromatic carbocycles. The van der Waals surface area contributed by atoms with Gasteiger partial charge in [-0.05, 0) is 43.5 Å². The SMILES string of the molecule is CCCCCCCCC(=O)NCCCCCC(=O)Oc1ccc(S(=O)(=O)O)cc1.[Na]. The standard InChI is InChI=1S/C21H33NO6S.Na/c1-2-3-4-5-6-8-11-20(23)22-17-10-7-9-12-21(24)28-18-13-15-19(16-14-18)29(25,26)27;/h13-16H,2-12,17H2,1H3,(H,22,23)(H,25,26,27);. The Bertz CT molecular complexity index is 722. The monoisotopic (exact) mass is 450 g/mol. The summed E-state index contributed by atoms with van der Waals surface area (Å²) in [5.74, 6) is -0.0886. The number of unbranched alkanes of at least 4 members (excludes halogenated alkanes) is 7. The third kappa shape index (κ3) is 14.1. The van der Waals surface area contributed by atoms with Crippen LogP contribution in [0.25, 0.3) is 0 Å². The molecule has 0 aromatic heterocycles. The Kier molecular flexibility index (Phi) is 16.2. The molecule has 0 saturated heterocycles. The van der Waals surface area contributed by atoms with Gasteiger partial charge < -0.3 is 10.1 Å². The van der Waals surface area contributed by atoms with Gasteiger partial charge in [0.25, 0.3) is 10.1 Å². The summed E-state index contributed by atoms with van der Waals surface area (Å²) >= 11 is 0. The van der Waals surface area contributed by atoms with Crippen LogP contribution in [0.5, 0.6) is 5.75 Å². The van der Waals surface area contributed by atoms with Gasteiger partial charge in [0.1, 0.15) is 5.75 Å². The zero-order valence-corrected chi connectivity index (χ0v) is 21.0. The van der Waals surface area contributed by atoms with Crippen LogP contribution in [0, 0.1) is 0 Å². The predicted molar refractivity (Wildman–Crippen MR) is 117 cm³/mol. The Morgan fingerprint density at radius 1 is 0.900 bits per heavy atom. The number of nitrogens with one attached hydrogen (secondary N) is 1. The van der Waals surface area contributed by atoms with Crippen LogP contribution >= 0.6 is 0 Å². The minimum atomic E-state index is -4.26. The topological polar surface area (TPSA) is 110 Å². The zero-order chi connectivity index (χ0) is 21.5. The fourth-order valence-corrected chi connectivity index (χ4v) is 3.30. The van der Waals surface area contributed by atoms with E-state index in [0.29, 0.717) is 19.4 Å². The Hall–Kier alpha value is -0.930. The van der Waals surface area contributed by atoms with E-state index in [1.54, 1.807) is 0 Å². The van der Waals surface area contributed by atoms with E-state index in [-0.39, 0.29) is 52.5 Å². The Morgan fingerprint density at radius 3 is 2.10 bits per heavy atom. The molecule has 0 aliphatic rings. The molecule has 9 heteroatoms. The Morgan fingerprint density at radius 2 is 1.47 bits per heavy atom. The summed E-state index contributed by atoms with van der Waals surface area (Å²) in [6, 6.07) is 4.98. The van der Waals surface area contributed by atoms with Gasteiger partial charge in [-0.25, -0.2) is 0 Å². The molecule has 30 heavy (non-hydrogen) atoms. The maximum Gasteiger partial charge on any atom is 0.311 e. The molecule has 165 valence electrons. The molecule has 0 aliphatic carbocycles. The van der Waals surface area contributed by atoms with E-state index in [2.05, 4.69) is 12.2 Å². The van der Waals surface area contributed by atoms with Crippen molar-refractivity contribution in [3.8, 4) is 5.75 Å². The molecule has 1 rings (SSSR count). The summed E-state index contributed by atoms with van der Waals surface area (Å²) in [6.45, 7) is 2.80. The van der Waals surface area contributed by atoms with E-state index < -0.39 is 16.1 Å². The number of hydrogen-bond donors (Lipinski definition) is 2. The number of benzene rings is 1. The molecule has 1 aromatic rings.